The zero-order valence-corrected chi connectivity index (χ0v) is 18.6. The lowest BCUT2D eigenvalue weighted by atomic mass is 10.1. The number of nitrogens with one attached hydrogen (secondary N) is 1. The first kappa shape index (κ1) is 20.8. The summed E-state index contributed by atoms with van der Waals surface area (Å²) in [5, 5.41) is 19.9. The molecule has 0 radical (unpaired) electrons. The van der Waals surface area contributed by atoms with Crippen molar-refractivity contribution in [1.82, 2.24) is 30.0 Å². The van der Waals surface area contributed by atoms with Crippen LogP contribution < -0.4 is 5.32 Å². The Morgan fingerprint density at radius 1 is 0.935 bits per heavy atom. The van der Waals surface area contributed by atoms with Crippen LogP contribution in [-0.2, 0) is 4.79 Å². The van der Waals surface area contributed by atoms with Crippen molar-refractivity contribution in [2.45, 2.75) is 32.9 Å². The first-order valence-corrected chi connectivity index (χ1v) is 10.8. The molecular weight excluding hydrogens is 410 g/mol. The highest BCUT2D eigenvalue weighted by Gasteiger charge is 2.15. The molecule has 2 heterocycles. The number of carbonyl (C=O) groups is 1. The molecule has 2 aromatic heterocycles. The fourth-order valence-corrected chi connectivity index (χ4v) is 3.76. The van der Waals surface area contributed by atoms with Crippen LogP contribution in [0.3, 0.4) is 0 Å². The van der Waals surface area contributed by atoms with Crippen LogP contribution in [0, 0.1) is 27.7 Å². The SMILES string of the molecule is Cc1ccc(-n2nc(C)cc2NC(=O)CSc2nnnn2-c2ccc(C)c(C)c2)cc1. The zero-order chi connectivity index (χ0) is 22.0. The van der Waals surface area contributed by atoms with Crippen LogP contribution >= 0.6 is 11.8 Å². The van der Waals surface area contributed by atoms with E-state index in [-0.39, 0.29) is 11.7 Å². The number of hydrogen-bond acceptors (Lipinski definition) is 6. The number of anilines is 1. The van der Waals surface area contributed by atoms with E-state index in [9.17, 15) is 4.79 Å². The normalized spacial score (nSPS) is 11.0. The minimum absolute atomic E-state index is 0.159. The third kappa shape index (κ3) is 4.66. The maximum absolute atomic E-state index is 12.7. The van der Waals surface area contributed by atoms with Crippen LogP contribution in [0.2, 0.25) is 0 Å². The van der Waals surface area contributed by atoms with Gasteiger partial charge in [0.25, 0.3) is 0 Å². The van der Waals surface area contributed by atoms with E-state index in [1.165, 1.54) is 17.3 Å². The van der Waals surface area contributed by atoms with Gasteiger partial charge in [-0.1, -0.05) is 35.5 Å². The molecule has 0 spiro atoms. The van der Waals surface area contributed by atoms with E-state index in [2.05, 4.69) is 32.9 Å². The molecule has 0 fully saturated rings. The average Bonchev–Trinajstić information content (AvgIpc) is 3.35. The molecule has 0 aliphatic rings. The molecule has 0 unspecified atom stereocenters. The summed E-state index contributed by atoms with van der Waals surface area (Å²) in [5.74, 6) is 0.636. The summed E-state index contributed by atoms with van der Waals surface area (Å²) in [5.41, 5.74) is 6.09. The van der Waals surface area contributed by atoms with Crippen molar-refractivity contribution in [3.63, 3.8) is 0 Å². The number of hydrogen-bond donors (Lipinski definition) is 1. The van der Waals surface area contributed by atoms with Gasteiger partial charge in [0.1, 0.15) is 5.82 Å². The smallest absolute Gasteiger partial charge is 0.236 e. The molecule has 9 heteroatoms. The number of rotatable bonds is 6. The van der Waals surface area contributed by atoms with E-state index < -0.39 is 0 Å². The Kier molecular flexibility index (Phi) is 5.85. The number of nitrogens with zero attached hydrogens (tertiary/aromatic N) is 6. The van der Waals surface area contributed by atoms with Gasteiger partial charge < -0.3 is 5.32 Å². The van der Waals surface area contributed by atoms with E-state index in [0.29, 0.717) is 11.0 Å². The van der Waals surface area contributed by atoms with Crippen LogP contribution in [0.5, 0.6) is 0 Å². The zero-order valence-electron chi connectivity index (χ0n) is 17.8. The Bertz CT molecular complexity index is 1230. The molecule has 31 heavy (non-hydrogen) atoms. The largest absolute Gasteiger partial charge is 0.310 e. The monoisotopic (exact) mass is 433 g/mol. The summed E-state index contributed by atoms with van der Waals surface area (Å²) in [6.07, 6.45) is 0. The predicted molar refractivity (Wildman–Crippen MR) is 121 cm³/mol. The highest BCUT2D eigenvalue weighted by molar-refractivity contribution is 7.99. The summed E-state index contributed by atoms with van der Waals surface area (Å²) < 4.78 is 3.38. The van der Waals surface area contributed by atoms with Crippen molar-refractivity contribution in [2.75, 3.05) is 11.1 Å². The van der Waals surface area contributed by atoms with Crippen molar-refractivity contribution in [2.24, 2.45) is 0 Å². The number of thioether (sulfide) groups is 1. The van der Waals surface area contributed by atoms with Gasteiger partial charge in [-0.15, -0.1) is 5.10 Å². The number of amides is 1. The quantitative estimate of drug-likeness (QED) is 0.465. The molecule has 1 amide bonds. The number of carbonyl (C=O) groups excluding carboxylic acids is 1. The Labute approximate surface area is 184 Å². The first-order chi connectivity index (χ1) is 14.9. The Morgan fingerprint density at radius 3 is 2.42 bits per heavy atom. The number of aromatic nitrogens is 6. The Balaban J connectivity index is 1.46. The minimum Gasteiger partial charge on any atom is -0.310 e. The second-order valence-electron chi connectivity index (χ2n) is 7.40. The van der Waals surface area contributed by atoms with Crippen LogP contribution in [-0.4, -0.2) is 41.6 Å². The molecule has 1 N–H and O–H groups in total. The maximum Gasteiger partial charge on any atom is 0.236 e. The van der Waals surface area contributed by atoms with Gasteiger partial charge in [0.05, 0.1) is 22.8 Å². The summed E-state index contributed by atoms with van der Waals surface area (Å²) in [6.45, 7) is 8.03. The molecule has 0 bridgehead atoms. The van der Waals surface area contributed by atoms with Crippen LogP contribution in [0.25, 0.3) is 11.4 Å². The molecule has 0 aliphatic carbocycles. The average molecular weight is 434 g/mol. The van der Waals surface area contributed by atoms with E-state index in [1.54, 1.807) is 9.36 Å². The Morgan fingerprint density at radius 2 is 1.68 bits per heavy atom. The van der Waals surface area contributed by atoms with Gasteiger partial charge >= 0.3 is 0 Å². The lowest BCUT2D eigenvalue weighted by molar-refractivity contribution is -0.113. The molecule has 8 nitrogen and oxygen atoms in total. The molecule has 0 atom stereocenters. The van der Waals surface area contributed by atoms with Crippen LogP contribution in [0.15, 0.2) is 53.7 Å². The predicted octanol–water partition coefficient (Wildman–Crippen LogP) is 3.81. The van der Waals surface area contributed by atoms with E-state index in [1.807, 2.05) is 69.3 Å². The third-order valence-electron chi connectivity index (χ3n) is 4.89. The number of aryl methyl sites for hydroxylation is 4. The lowest BCUT2D eigenvalue weighted by Gasteiger charge is -2.09. The minimum atomic E-state index is -0.159. The third-order valence-corrected chi connectivity index (χ3v) is 5.81. The molecule has 2 aromatic carbocycles. The van der Waals surface area contributed by atoms with Gasteiger partial charge in [-0.3, -0.25) is 4.79 Å². The highest BCUT2D eigenvalue weighted by atomic mass is 32.2. The number of benzene rings is 2. The second-order valence-corrected chi connectivity index (χ2v) is 8.34. The summed E-state index contributed by atoms with van der Waals surface area (Å²) in [7, 11) is 0. The fraction of sp³-hybridized carbons (Fsp3) is 0.227. The molecule has 0 saturated heterocycles. The fourth-order valence-electron chi connectivity index (χ4n) is 3.07. The van der Waals surface area contributed by atoms with Crippen molar-refractivity contribution >= 4 is 23.5 Å². The highest BCUT2D eigenvalue weighted by Crippen LogP contribution is 2.22. The van der Waals surface area contributed by atoms with E-state index in [0.717, 1.165) is 28.2 Å². The first-order valence-electron chi connectivity index (χ1n) is 9.83. The molecular formula is C22H23N7OS. The molecule has 4 aromatic rings. The molecule has 0 saturated carbocycles. The van der Waals surface area contributed by atoms with Gasteiger partial charge in [0.15, 0.2) is 0 Å². The van der Waals surface area contributed by atoms with Crippen molar-refractivity contribution in [3.8, 4) is 11.4 Å². The summed E-state index contributed by atoms with van der Waals surface area (Å²) in [4.78, 5) is 12.7. The summed E-state index contributed by atoms with van der Waals surface area (Å²) in [6, 6.07) is 15.8. The van der Waals surface area contributed by atoms with E-state index in [4.69, 9.17) is 0 Å². The van der Waals surface area contributed by atoms with Crippen molar-refractivity contribution in [1.29, 1.82) is 0 Å². The van der Waals surface area contributed by atoms with Crippen LogP contribution in [0.4, 0.5) is 5.82 Å². The van der Waals surface area contributed by atoms with Gasteiger partial charge in [0.2, 0.25) is 11.1 Å². The van der Waals surface area contributed by atoms with Crippen molar-refractivity contribution < 1.29 is 4.79 Å². The van der Waals surface area contributed by atoms with E-state index >= 15 is 0 Å². The van der Waals surface area contributed by atoms with Gasteiger partial charge in [-0.2, -0.15) is 9.78 Å². The standard InChI is InChI=1S/C22H23N7OS/c1-14-5-8-18(9-6-14)28-20(12-17(4)25-28)23-21(30)13-31-22-24-26-27-29(22)19-10-7-15(2)16(3)11-19/h5-12H,13H2,1-4H3,(H,23,30). The topological polar surface area (TPSA) is 90.5 Å². The van der Waals surface area contributed by atoms with Crippen LogP contribution in [0.1, 0.15) is 22.4 Å². The van der Waals surface area contributed by atoms with Gasteiger partial charge in [-0.25, -0.2) is 4.68 Å². The van der Waals surface area contributed by atoms with Gasteiger partial charge in [-0.05, 0) is 73.5 Å². The summed E-state index contributed by atoms with van der Waals surface area (Å²) >= 11 is 1.28. The maximum atomic E-state index is 12.7. The molecule has 0 aliphatic heterocycles. The van der Waals surface area contributed by atoms with Gasteiger partial charge in [0, 0.05) is 6.07 Å². The molecule has 4 rings (SSSR count). The van der Waals surface area contributed by atoms with Crippen molar-refractivity contribution in [3.05, 3.63) is 70.9 Å². The lowest BCUT2D eigenvalue weighted by Crippen LogP contribution is -2.17. The second kappa shape index (κ2) is 8.73. The number of tetrazole rings is 1. The molecule has 158 valence electrons. The Hall–Kier alpha value is -3.46.